The summed E-state index contributed by atoms with van der Waals surface area (Å²) >= 11 is 0. The molecule has 1 aliphatic rings. The van der Waals surface area contributed by atoms with Crippen molar-refractivity contribution in [1.82, 2.24) is 4.57 Å². The molecule has 0 aliphatic carbocycles. The highest BCUT2D eigenvalue weighted by Gasteiger charge is 2.25. The molecule has 0 fully saturated rings. The molecule has 1 aliphatic heterocycles. The average molecular weight is 306 g/mol. The molecule has 1 aromatic heterocycles. The second-order valence-corrected chi connectivity index (χ2v) is 5.66. The molecule has 114 valence electrons. The van der Waals surface area contributed by atoms with E-state index in [0.29, 0.717) is 6.54 Å². The van der Waals surface area contributed by atoms with E-state index in [1.807, 2.05) is 30.3 Å². The Morgan fingerprint density at radius 1 is 1.26 bits per heavy atom. The van der Waals surface area contributed by atoms with Crippen LogP contribution in [0.2, 0.25) is 0 Å². The SMILES string of the molecule is C=CCn1c2c(c3cc(F)ccc31)CC(=O)Nc1ccccc1-2. The molecule has 0 spiro atoms. The number of rotatable bonds is 2. The van der Waals surface area contributed by atoms with Crippen molar-refractivity contribution < 1.29 is 9.18 Å². The van der Waals surface area contributed by atoms with Crippen LogP contribution in [-0.4, -0.2) is 10.5 Å². The first kappa shape index (κ1) is 13.8. The second kappa shape index (κ2) is 5.09. The first-order valence-electron chi connectivity index (χ1n) is 7.50. The summed E-state index contributed by atoms with van der Waals surface area (Å²) in [5.41, 5.74) is 4.47. The number of halogens is 1. The smallest absolute Gasteiger partial charge is 0.228 e. The van der Waals surface area contributed by atoms with Crippen molar-refractivity contribution in [2.75, 3.05) is 5.32 Å². The van der Waals surface area contributed by atoms with Crippen molar-refractivity contribution in [3.05, 3.63) is 66.5 Å². The normalized spacial score (nSPS) is 13.2. The lowest BCUT2D eigenvalue weighted by Gasteiger charge is -2.12. The number of carbonyl (C=O) groups excluding carboxylic acids is 1. The second-order valence-electron chi connectivity index (χ2n) is 5.66. The molecule has 0 saturated heterocycles. The fourth-order valence-corrected chi connectivity index (χ4v) is 3.36. The van der Waals surface area contributed by atoms with Crippen LogP contribution in [0.4, 0.5) is 10.1 Å². The molecule has 0 radical (unpaired) electrons. The number of allylic oxidation sites excluding steroid dienone is 1. The number of hydrogen-bond donors (Lipinski definition) is 1. The molecular formula is C19H15FN2O. The van der Waals surface area contributed by atoms with Gasteiger partial charge in [0.1, 0.15) is 5.82 Å². The van der Waals surface area contributed by atoms with Crippen molar-refractivity contribution in [2.45, 2.75) is 13.0 Å². The van der Waals surface area contributed by atoms with Crippen molar-refractivity contribution in [1.29, 1.82) is 0 Å². The molecule has 4 heteroatoms. The van der Waals surface area contributed by atoms with Gasteiger partial charge in [-0.3, -0.25) is 4.79 Å². The van der Waals surface area contributed by atoms with Gasteiger partial charge in [-0.05, 0) is 29.8 Å². The molecule has 1 N–H and O–H groups in total. The number of amides is 1. The van der Waals surface area contributed by atoms with E-state index < -0.39 is 0 Å². The Hall–Kier alpha value is -2.88. The van der Waals surface area contributed by atoms with Crippen molar-refractivity contribution in [3.63, 3.8) is 0 Å². The van der Waals surface area contributed by atoms with E-state index in [1.165, 1.54) is 12.1 Å². The van der Waals surface area contributed by atoms with Crippen LogP contribution in [-0.2, 0) is 17.8 Å². The van der Waals surface area contributed by atoms with E-state index in [1.54, 1.807) is 6.07 Å². The number of fused-ring (bicyclic) bond motifs is 5. The van der Waals surface area contributed by atoms with E-state index in [0.717, 1.165) is 33.4 Å². The van der Waals surface area contributed by atoms with Gasteiger partial charge >= 0.3 is 0 Å². The lowest BCUT2D eigenvalue weighted by atomic mass is 10.0. The number of benzene rings is 2. The Balaban J connectivity index is 2.16. The van der Waals surface area contributed by atoms with Gasteiger partial charge in [0, 0.05) is 23.0 Å². The Morgan fingerprint density at radius 3 is 2.91 bits per heavy atom. The van der Waals surface area contributed by atoms with Crippen LogP contribution in [0.25, 0.3) is 22.2 Å². The summed E-state index contributed by atoms with van der Waals surface area (Å²) in [5.74, 6) is -0.382. The van der Waals surface area contributed by atoms with Gasteiger partial charge in [-0.25, -0.2) is 4.39 Å². The highest BCUT2D eigenvalue weighted by molar-refractivity contribution is 6.05. The summed E-state index contributed by atoms with van der Waals surface area (Å²) in [6, 6.07) is 12.4. The van der Waals surface area contributed by atoms with Gasteiger partial charge in [-0.2, -0.15) is 0 Å². The number of nitrogens with one attached hydrogen (secondary N) is 1. The van der Waals surface area contributed by atoms with Gasteiger partial charge in [0.15, 0.2) is 0 Å². The molecule has 0 atom stereocenters. The van der Waals surface area contributed by atoms with E-state index in [4.69, 9.17) is 0 Å². The van der Waals surface area contributed by atoms with Crippen LogP contribution in [0.3, 0.4) is 0 Å². The fraction of sp³-hybridized carbons (Fsp3) is 0.105. The highest BCUT2D eigenvalue weighted by Crippen LogP contribution is 2.40. The average Bonchev–Trinajstić information content (AvgIpc) is 2.72. The van der Waals surface area contributed by atoms with E-state index in [9.17, 15) is 9.18 Å². The van der Waals surface area contributed by atoms with E-state index in [-0.39, 0.29) is 18.1 Å². The van der Waals surface area contributed by atoms with Crippen molar-refractivity contribution >= 4 is 22.5 Å². The lowest BCUT2D eigenvalue weighted by Crippen LogP contribution is -2.12. The molecule has 2 aromatic carbocycles. The van der Waals surface area contributed by atoms with Crippen LogP contribution in [0.1, 0.15) is 5.56 Å². The van der Waals surface area contributed by atoms with Crippen LogP contribution >= 0.6 is 0 Å². The standard InChI is InChI=1S/C19H15FN2O/c1-2-9-22-17-8-7-12(20)10-14(17)15-11-18(23)21-16-6-4-3-5-13(16)19(15)22/h2-8,10H,1,9,11H2,(H,21,23). The van der Waals surface area contributed by atoms with Gasteiger partial charge in [0.25, 0.3) is 0 Å². The van der Waals surface area contributed by atoms with Gasteiger partial charge in [0.2, 0.25) is 5.91 Å². The minimum absolute atomic E-state index is 0.0851. The van der Waals surface area contributed by atoms with Crippen molar-refractivity contribution in [3.8, 4) is 11.3 Å². The zero-order valence-corrected chi connectivity index (χ0v) is 12.5. The van der Waals surface area contributed by atoms with Crippen LogP contribution in [0, 0.1) is 5.82 Å². The van der Waals surface area contributed by atoms with Crippen molar-refractivity contribution in [2.24, 2.45) is 0 Å². The topological polar surface area (TPSA) is 34.0 Å². The Bertz CT molecular complexity index is 955. The minimum atomic E-state index is -0.297. The predicted octanol–water partition coefficient (Wildman–Crippen LogP) is 4.13. The maximum Gasteiger partial charge on any atom is 0.228 e. The van der Waals surface area contributed by atoms with Crippen LogP contribution in [0.5, 0.6) is 0 Å². The Morgan fingerprint density at radius 2 is 2.09 bits per heavy atom. The number of aromatic nitrogens is 1. The maximum absolute atomic E-state index is 13.8. The van der Waals surface area contributed by atoms with Gasteiger partial charge in [-0.15, -0.1) is 6.58 Å². The molecule has 3 aromatic rings. The fourth-order valence-electron chi connectivity index (χ4n) is 3.36. The number of hydrogen-bond acceptors (Lipinski definition) is 1. The number of carbonyl (C=O) groups is 1. The van der Waals surface area contributed by atoms with E-state index >= 15 is 0 Å². The van der Waals surface area contributed by atoms with E-state index in [2.05, 4.69) is 16.5 Å². The highest BCUT2D eigenvalue weighted by atomic mass is 19.1. The minimum Gasteiger partial charge on any atom is -0.336 e. The quantitative estimate of drug-likeness (QED) is 0.710. The number of anilines is 1. The van der Waals surface area contributed by atoms with Gasteiger partial charge in [-0.1, -0.05) is 24.3 Å². The largest absolute Gasteiger partial charge is 0.336 e. The first-order chi connectivity index (χ1) is 11.2. The summed E-state index contributed by atoms with van der Waals surface area (Å²) in [6.45, 7) is 4.42. The third kappa shape index (κ3) is 2.06. The van der Waals surface area contributed by atoms with Gasteiger partial charge in [0.05, 0.1) is 17.8 Å². The van der Waals surface area contributed by atoms with Crippen LogP contribution < -0.4 is 5.32 Å². The number of nitrogens with zero attached hydrogens (tertiary/aromatic N) is 1. The van der Waals surface area contributed by atoms with Gasteiger partial charge < -0.3 is 9.88 Å². The Kier molecular flexibility index (Phi) is 3.05. The molecule has 3 nitrogen and oxygen atoms in total. The molecule has 2 heterocycles. The molecule has 0 bridgehead atoms. The zero-order valence-electron chi connectivity index (χ0n) is 12.5. The molecule has 1 amide bonds. The zero-order chi connectivity index (χ0) is 16.0. The Labute approximate surface area is 133 Å². The molecule has 0 saturated carbocycles. The third-order valence-corrected chi connectivity index (χ3v) is 4.24. The van der Waals surface area contributed by atoms with Crippen LogP contribution in [0.15, 0.2) is 55.1 Å². The third-order valence-electron chi connectivity index (χ3n) is 4.24. The molecule has 23 heavy (non-hydrogen) atoms. The lowest BCUT2D eigenvalue weighted by molar-refractivity contribution is -0.115. The molecule has 4 rings (SSSR count). The summed E-state index contributed by atoms with van der Waals surface area (Å²) in [4.78, 5) is 12.3. The first-order valence-corrected chi connectivity index (χ1v) is 7.50. The summed E-state index contributed by atoms with van der Waals surface area (Å²) in [6.07, 6.45) is 2.04. The summed E-state index contributed by atoms with van der Waals surface area (Å²) in [5, 5.41) is 3.72. The predicted molar refractivity (Wildman–Crippen MR) is 89.9 cm³/mol. The molecular weight excluding hydrogens is 291 g/mol. The number of para-hydroxylation sites is 1. The summed E-state index contributed by atoms with van der Waals surface area (Å²) in [7, 11) is 0. The monoisotopic (exact) mass is 306 g/mol. The maximum atomic E-state index is 13.8. The molecule has 0 unspecified atom stereocenters. The summed E-state index contributed by atoms with van der Waals surface area (Å²) < 4.78 is 15.9.